The van der Waals surface area contributed by atoms with Gasteiger partial charge in [0.1, 0.15) is 11.5 Å². The second-order valence-electron chi connectivity index (χ2n) is 4.92. The third kappa shape index (κ3) is 3.03. The van der Waals surface area contributed by atoms with Crippen molar-refractivity contribution in [3.8, 4) is 11.5 Å². The van der Waals surface area contributed by atoms with Gasteiger partial charge in [-0.2, -0.15) is 0 Å². The molecule has 0 bridgehead atoms. The Kier molecular flexibility index (Phi) is 4.34. The number of rotatable bonds is 2. The third-order valence-electron chi connectivity index (χ3n) is 3.52. The van der Waals surface area contributed by atoms with Crippen LogP contribution in [0.2, 0.25) is 0 Å². The van der Waals surface area contributed by atoms with Crippen molar-refractivity contribution in [2.24, 2.45) is 5.92 Å². The standard InChI is InChI=1S/C14H18BrNO3/c1-9-8-16(6-5-12(9)15)14(18)11-7-10(19-2)3-4-13(11)17/h3-4,7,9,12,17H,5-6,8H2,1-2H3. The van der Waals surface area contributed by atoms with E-state index in [9.17, 15) is 9.90 Å². The van der Waals surface area contributed by atoms with E-state index in [1.54, 1.807) is 24.1 Å². The van der Waals surface area contributed by atoms with E-state index in [2.05, 4.69) is 22.9 Å². The quantitative estimate of drug-likeness (QED) is 0.849. The topological polar surface area (TPSA) is 49.8 Å². The first-order chi connectivity index (χ1) is 9.02. The number of phenols is 1. The van der Waals surface area contributed by atoms with Crippen molar-refractivity contribution < 1.29 is 14.6 Å². The smallest absolute Gasteiger partial charge is 0.257 e. The summed E-state index contributed by atoms with van der Waals surface area (Å²) in [6, 6.07) is 4.72. The minimum Gasteiger partial charge on any atom is -0.507 e. The molecule has 1 aromatic rings. The number of ether oxygens (including phenoxy) is 1. The molecule has 1 N–H and O–H groups in total. The number of piperidine rings is 1. The summed E-state index contributed by atoms with van der Waals surface area (Å²) in [7, 11) is 1.54. The molecular weight excluding hydrogens is 310 g/mol. The van der Waals surface area contributed by atoms with Crippen molar-refractivity contribution in [1.82, 2.24) is 4.90 Å². The van der Waals surface area contributed by atoms with Gasteiger partial charge in [-0.1, -0.05) is 22.9 Å². The zero-order valence-electron chi connectivity index (χ0n) is 11.1. The fourth-order valence-electron chi connectivity index (χ4n) is 2.29. The van der Waals surface area contributed by atoms with Crippen LogP contribution in [0.4, 0.5) is 0 Å². The first-order valence-electron chi connectivity index (χ1n) is 6.33. The highest BCUT2D eigenvalue weighted by Crippen LogP contribution is 2.28. The molecule has 0 saturated carbocycles. The van der Waals surface area contributed by atoms with Crippen molar-refractivity contribution in [1.29, 1.82) is 0 Å². The van der Waals surface area contributed by atoms with E-state index < -0.39 is 0 Å². The van der Waals surface area contributed by atoms with Crippen molar-refractivity contribution in [3.63, 3.8) is 0 Å². The van der Waals surface area contributed by atoms with E-state index in [0.29, 0.717) is 35.1 Å². The molecule has 2 rings (SSSR count). The Morgan fingerprint density at radius 1 is 1.53 bits per heavy atom. The van der Waals surface area contributed by atoms with Gasteiger partial charge in [0.2, 0.25) is 0 Å². The number of methoxy groups -OCH3 is 1. The van der Waals surface area contributed by atoms with Gasteiger partial charge in [-0.25, -0.2) is 0 Å². The van der Waals surface area contributed by atoms with Crippen LogP contribution in [0, 0.1) is 5.92 Å². The highest BCUT2D eigenvalue weighted by Gasteiger charge is 2.28. The summed E-state index contributed by atoms with van der Waals surface area (Å²) in [6.07, 6.45) is 0.928. The van der Waals surface area contributed by atoms with E-state index in [4.69, 9.17) is 4.74 Å². The zero-order chi connectivity index (χ0) is 14.0. The van der Waals surface area contributed by atoms with Crippen LogP contribution in [0.25, 0.3) is 0 Å². The predicted molar refractivity (Wildman–Crippen MR) is 77.1 cm³/mol. The number of hydrogen-bond donors (Lipinski definition) is 1. The van der Waals surface area contributed by atoms with Crippen molar-refractivity contribution >= 4 is 21.8 Å². The number of carbonyl (C=O) groups is 1. The summed E-state index contributed by atoms with van der Waals surface area (Å²) >= 11 is 3.62. The number of halogens is 1. The maximum Gasteiger partial charge on any atom is 0.257 e. The lowest BCUT2D eigenvalue weighted by Gasteiger charge is -2.34. The molecule has 5 heteroatoms. The zero-order valence-corrected chi connectivity index (χ0v) is 12.7. The van der Waals surface area contributed by atoms with Gasteiger partial charge >= 0.3 is 0 Å². The molecule has 0 spiro atoms. The average Bonchev–Trinajstić information content (AvgIpc) is 2.41. The Labute approximate surface area is 121 Å². The number of alkyl halides is 1. The molecule has 1 amide bonds. The molecule has 1 aliphatic heterocycles. The Bertz CT molecular complexity index is 478. The molecule has 2 unspecified atom stereocenters. The second kappa shape index (κ2) is 5.82. The van der Waals surface area contributed by atoms with Gasteiger partial charge in [-0.15, -0.1) is 0 Å². The predicted octanol–water partition coefficient (Wildman–Crippen LogP) is 2.65. The maximum atomic E-state index is 12.4. The monoisotopic (exact) mass is 327 g/mol. The van der Waals surface area contributed by atoms with Crippen molar-refractivity contribution in [3.05, 3.63) is 23.8 Å². The van der Waals surface area contributed by atoms with Crippen LogP contribution in [-0.4, -0.2) is 40.9 Å². The Morgan fingerprint density at radius 3 is 2.89 bits per heavy atom. The normalized spacial score (nSPS) is 23.2. The molecule has 1 saturated heterocycles. The lowest BCUT2D eigenvalue weighted by atomic mass is 9.99. The van der Waals surface area contributed by atoms with Crippen LogP contribution in [0.1, 0.15) is 23.7 Å². The van der Waals surface area contributed by atoms with E-state index in [-0.39, 0.29) is 11.7 Å². The summed E-state index contributed by atoms with van der Waals surface area (Å²) in [6.45, 7) is 3.52. The summed E-state index contributed by atoms with van der Waals surface area (Å²) in [5, 5.41) is 9.84. The van der Waals surface area contributed by atoms with Gasteiger partial charge in [-0.05, 0) is 30.5 Å². The van der Waals surface area contributed by atoms with E-state index in [1.165, 1.54) is 6.07 Å². The first kappa shape index (κ1) is 14.2. The Hall–Kier alpha value is -1.23. The number of aromatic hydroxyl groups is 1. The number of nitrogens with zero attached hydrogens (tertiary/aromatic N) is 1. The molecule has 4 nitrogen and oxygen atoms in total. The molecule has 104 valence electrons. The summed E-state index contributed by atoms with van der Waals surface area (Å²) in [4.78, 5) is 14.7. The lowest BCUT2D eigenvalue weighted by Crippen LogP contribution is -2.43. The number of hydrogen-bond acceptors (Lipinski definition) is 3. The fraction of sp³-hybridized carbons (Fsp3) is 0.500. The van der Waals surface area contributed by atoms with Gasteiger partial charge in [0.05, 0.1) is 12.7 Å². The molecule has 0 radical (unpaired) electrons. The molecule has 0 aromatic heterocycles. The lowest BCUT2D eigenvalue weighted by molar-refractivity contribution is 0.0687. The number of phenolic OH excluding ortho intramolecular Hbond substituents is 1. The molecular formula is C14H18BrNO3. The summed E-state index contributed by atoms with van der Waals surface area (Å²) in [5.74, 6) is 0.845. The van der Waals surface area contributed by atoms with Gasteiger partial charge in [0.15, 0.2) is 0 Å². The van der Waals surface area contributed by atoms with Gasteiger partial charge in [-0.3, -0.25) is 4.79 Å². The Balaban J connectivity index is 2.20. The number of benzene rings is 1. The van der Waals surface area contributed by atoms with Crippen LogP contribution in [-0.2, 0) is 0 Å². The first-order valence-corrected chi connectivity index (χ1v) is 7.25. The minimum atomic E-state index is -0.136. The van der Waals surface area contributed by atoms with E-state index >= 15 is 0 Å². The Morgan fingerprint density at radius 2 is 2.26 bits per heavy atom. The van der Waals surface area contributed by atoms with Crippen LogP contribution in [0.3, 0.4) is 0 Å². The summed E-state index contributed by atoms with van der Waals surface area (Å²) < 4.78 is 5.10. The van der Waals surface area contributed by atoms with E-state index in [0.717, 1.165) is 6.42 Å². The maximum absolute atomic E-state index is 12.4. The molecule has 1 aromatic carbocycles. The summed E-state index contributed by atoms with van der Waals surface area (Å²) in [5.41, 5.74) is 0.305. The molecule has 1 fully saturated rings. The van der Waals surface area contributed by atoms with Gasteiger partial charge in [0.25, 0.3) is 5.91 Å². The third-order valence-corrected chi connectivity index (χ3v) is 4.88. The highest BCUT2D eigenvalue weighted by atomic mass is 79.9. The fourth-order valence-corrected chi connectivity index (χ4v) is 2.66. The molecule has 1 aliphatic rings. The molecule has 0 aliphatic carbocycles. The van der Waals surface area contributed by atoms with Gasteiger partial charge < -0.3 is 14.7 Å². The highest BCUT2D eigenvalue weighted by molar-refractivity contribution is 9.09. The van der Waals surface area contributed by atoms with Gasteiger partial charge in [0, 0.05) is 17.9 Å². The van der Waals surface area contributed by atoms with Crippen LogP contribution < -0.4 is 4.74 Å². The molecule has 2 atom stereocenters. The largest absolute Gasteiger partial charge is 0.507 e. The number of carbonyl (C=O) groups excluding carboxylic acids is 1. The average molecular weight is 328 g/mol. The SMILES string of the molecule is COc1ccc(O)c(C(=O)N2CCC(Br)C(C)C2)c1. The number of likely N-dealkylation sites (tertiary alicyclic amines) is 1. The van der Waals surface area contributed by atoms with Crippen molar-refractivity contribution in [2.75, 3.05) is 20.2 Å². The molecule has 1 heterocycles. The minimum absolute atomic E-state index is 0.000538. The molecule has 19 heavy (non-hydrogen) atoms. The van der Waals surface area contributed by atoms with Crippen molar-refractivity contribution in [2.45, 2.75) is 18.2 Å². The van der Waals surface area contributed by atoms with Crippen LogP contribution in [0.15, 0.2) is 18.2 Å². The second-order valence-corrected chi connectivity index (χ2v) is 6.09. The van der Waals surface area contributed by atoms with E-state index in [1.807, 2.05) is 0 Å². The number of amides is 1. The van der Waals surface area contributed by atoms with Crippen LogP contribution >= 0.6 is 15.9 Å². The van der Waals surface area contributed by atoms with Crippen LogP contribution in [0.5, 0.6) is 11.5 Å².